The Hall–Kier alpha value is -1.51. The predicted molar refractivity (Wildman–Crippen MR) is 85.0 cm³/mol. The maximum Gasteiger partial charge on any atom is 0.240 e. The lowest BCUT2D eigenvalue weighted by molar-refractivity contribution is -0.146. The number of piperidine rings is 1. The Morgan fingerprint density at radius 3 is 2.92 bits per heavy atom. The van der Waals surface area contributed by atoms with E-state index in [-0.39, 0.29) is 11.3 Å². The molecule has 3 heterocycles. The fourth-order valence-corrected chi connectivity index (χ4v) is 3.77. The number of methoxy groups -OCH3 is 2. The molecule has 1 aromatic rings. The van der Waals surface area contributed by atoms with Crippen molar-refractivity contribution in [2.45, 2.75) is 32.4 Å². The highest BCUT2D eigenvalue weighted by Crippen LogP contribution is 2.40. The van der Waals surface area contributed by atoms with Gasteiger partial charge in [-0.15, -0.1) is 0 Å². The zero-order chi connectivity index (χ0) is 17.0. The summed E-state index contributed by atoms with van der Waals surface area (Å²) in [4.78, 5) is 21.4. The first-order valence-electron chi connectivity index (χ1n) is 8.48. The number of carbonyl (C=O) groups is 1. The highest BCUT2D eigenvalue weighted by atomic mass is 16.5. The molecule has 8 heteroatoms. The molecular weight excluding hydrogens is 312 g/mol. The zero-order valence-electron chi connectivity index (χ0n) is 14.5. The number of amides is 1. The van der Waals surface area contributed by atoms with Crippen LogP contribution in [0.5, 0.6) is 0 Å². The number of likely N-dealkylation sites (tertiary alicyclic amines) is 2. The summed E-state index contributed by atoms with van der Waals surface area (Å²) in [6.07, 6.45) is 2.92. The zero-order valence-corrected chi connectivity index (χ0v) is 14.5. The molecule has 0 saturated carbocycles. The molecular formula is C16H26N4O4. The highest BCUT2D eigenvalue weighted by molar-refractivity contribution is 5.84. The van der Waals surface area contributed by atoms with Gasteiger partial charge in [0.2, 0.25) is 11.8 Å². The van der Waals surface area contributed by atoms with Crippen LogP contribution in [0.1, 0.15) is 31.0 Å². The van der Waals surface area contributed by atoms with Crippen molar-refractivity contribution in [2.24, 2.45) is 5.41 Å². The van der Waals surface area contributed by atoms with Gasteiger partial charge in [0.05, 0.1) is 18.6 Å². The van der Waals surface area contributed by atoms with Crippen LogP contribution in [0.4, 0.5) is 0 Å². The van der Waals surface area contributed by atoms with E-state index in [1.54, 1.807) is 14.2 Å². The van der Waals surface area contributed by atoms with Gasteiger partial charge in [0.15, 0.2) is 5.82 Å². The van der Waals surface area contributed by atoms with Gasteiger partial charge in [0, 0.05) is 33.9 Å². The lowest BCUT2D eigenvalue weighted by Crippen LogP contribution is -2.50. The first-order chi connectivity index (χ1) is 11.7. The summed E-state index contributed by atoms with van der Waals surface area (Å²) in [6, 6.07) is 0. The van der Waals surface area contributed by atoms with Crippen molar-refractivity contribution >= 4 is 5.91 Å². The van der Waals surface area contributed by atoms with Gasteiger partial charge < -0.3 is 18.9 Å². The predicted octanol–water partition coefficient (Wildman–Crippen LogP) is 0.677. The molecule has 0 aromatic carbocycles. The molecule has 2 aliphatic heterocycles. The third kappa shape index (κ3) is 3.60. The molecule has 0 aliphatic carbocycles. The molecule has 8 nitrogen and oxygen atoms in total. The Morgan fingerprint density at radius 2 is 2.12 bits per heavy atom. The van der Waals surface area contributed by atoms with Gasteiger partial charge in [-0.2, -0.15) is 4.98 Å². The number of hydrogen-bond acceptors (Lipinski definition) is 7. The van der Waals surface area contributed by atoms with Gasteiger partial charge in [-0.3, -0.25) is 9.69 Å². The monoisotopic (exact) mass is 338 g/mol. The van der Waals surface area contributed by atoms with Crippen molar-refractivity contribution in [3.8, 4) is 0 Å². The Morgan fingerprint density at radius 1 is 1.25 bits per heavy atom. The third-order valence-electron chi connectivity index (χ3n) is 4.96. The van der Waals surface area contributed by atoms with Gasteiger partial charge >= 0.3 is 0 Å². The van der Waals surface area contributed by atoms with E-state index >= 15 is 0 Å². The molecule has 3 rings (SSSR count). The number of rotatable bonds is 7. The molecule has 1 atom stereocenters. The lowest BCUT2D eigenvalue weighted by atomic mass is 9.78. The topological polar surface area (TPSA) is 80.9 Å². The van der Waals surface area contributed by atoms with Gasteiger partial charge in [0.25, 0.3) is 0 Å². The summed E-state index contributed by atoms with van der Waals surface area (Å²) in [5.41, 5.74) is -0.249. The smallest absolute Gasteiger partial charge is 0.240 e. The van der Waals surface area contributed by atoms with Crippen molar-refractivity contribution in [2.75, 3.05) is 47.0 Å². The Kier molecular flexibility index (Phi) is 5.47. The van der Waals surface area contributed by atoms with Crippen LogP contribution in [0.25, 0.3) is 0 Å². The first-order valence-corrected chi connectivity index (χ1v) is 8.48. The Balaban J connectivity index is 1.59. The Bertz CT molecular complexity index is 564. The fourth-order valence-electron chi connectivity index (χ4n) is 3.77. The van der Waals surface area contributed by atoms with Crippen LogP contribution in [0.2, 0.25) is 0 Å². The molecule has 0 bridgehead atoms. The molecule has 24 heavy (non-hydrogen) atoms. The van der Waals surface area contributed by atoms with Crippen LogP contribution in [0, 0.1) is 5.41 Å². The maximum atomic E-state index is 12.9. The first kappa shape index (κ1) is 17.3. The summed E-state index contributed by atoms with van der Waals surface area (Å²) in [7, 11) is 3.27. The van der Waals surface area contributed by atoms with Crippen LogP contribution >= 0.6 is 0 Å². The maximum absolute atomic E-state index is 12.9. The van der Waals surface area contributed by atoms with Crippen molar-refractivity contribution in [3.63, 3.8) is 0 Å². The van der Waals surface area contributed by atoms with E-state index in [1.165, 1.54) is 0 Å². The molecule has 0 N–H and O–H groups in total. The van der Waals surface area contributed by atoms with Gasteiger partial charge in [-0.05, 0) is 25.8 Å². The summed E-state index contributed by atoms with van der Waals surface area (Å²) in [5.74, 6) is 1.42. The van der Waals surface area contributed by atoms with E-state index in [1.807, 2.05) is 4.90 Å². The quantitative estimate of drug-likeness (QED) is 0.723. The van der Waals surface area contributed by atoms with E-state index in [0.717, 1.165) is 38.9 Å². The summed E-state index contributed by atoms with van der Waals surface area (Å²) in [6.45, 7) is 4.69. The average Bonchev–Trinajstić information content (AvgIpc) is 3.18. The number of ether oxygens (including phenoxy) is 2. The van der Waals surface area contributed by atoms with Crippen LogP contribution < -0.4 is 0 Å². The molecule has 2 aliphatic rings. The van der Waals surface area contributed by atoms with Gasteiger partial charge in [0.1, 0.15) is 6.61 Å². The molecule has 134 valence electrons. The van der Waals surface area contributed by atoms with Crippen LogP contribution in [-0.4, -0.2) is 72.9 Å². The minimum absolute atomic E-state index is 0.249. The van der Waals surface area contributed by atoms with Crippen molar-refractivity contribution in [1.82, 2.24) is 19.9 Å². The minimum atomic E-state index is -0.249. The van der Waals surface area contributed by atoms with Crippen LogP contribution in [0.15, 0.2) is 4.52 Å². The van der Waals surface area contributed by atoms with E-state index in [0.29, 0.717) is 38.0 Å². The molecule has 2 saturated heterocycles. The number of hydrogen-bond donors (Lipinski definition) is 0. The Labute approximate surface area is 142 Å². The summed E-state index contributed by atoms with van der Waals surface area (Å²) >= 11 is 0. The second-order valence-electron chi connectivity index (χ2n) is 6.67. The van der Waals surface area contributed by atoms with Crippen LogP contribution in [0.3, 0.4) is 0 Å². The fraction of sp³-hybridized carbons (Fsp3) is 0.812. The minimum Gasteiger partial charge on any atom is -0.383 e. The van der Waals surface area contributed by atoms with Crippen molar-refractivity contribution < 1.29 is 18.8 Å². The van der Waals surface area contributed by atoms with Crippen molar-refractivity contribution in [3.05, 3.63) is 11.7 Å². The standard InChI is InChI=1S/C16H26N4O4/c1-22-9-8-20-6-3-4-16(15(20)21)5-7-19(12-16)10-14-17-13(11-23-2)18-24-14/h3-12H2,1-2H3/t16-/m0/s1. The molecule has 2 fully saturated rings. The molecule has 0 radical (unpaired) electrons. The van der Waals surface area contributed by atoms with E-state index in [2.05, 4.69) is 15.0 Å². The molecule has 1 amide bonds. The number of aromatic nitrogens is 2. The van der Waals surface area contributed by atoms with Gasteiger partial charge in [-0.1, -0.05) is 5.16 Å². The second kappa shape index (κ2) is 7.58. The molecule has 1 aromatic heterocycles. The lowest BCUT2D eigenvalue weighted by Gasteiger charge is -2.39. The number of nitrogens with zero attached hydrogens (tertiary/aromatic N) is 4. The van der Waals surface area contributed by atoms with E-state index in [4.69, 9.17) is 14.0 Å². The number of carbonyl (C=O) groups excluding carboxylic acids is 1. The summed E-state index contributed by atoms with van der Waals surface area (Å²) in [5, 5.41) is 3.89. The van der Waals surface area contributed by atoms with Crippen LogP contribution in [-0.2, 0) is 27.4 Å². The normalized spacial score (nSPS) is 25.1. The largest absolute Gasteiger partial charge is 0.383 e. The SMILES string of the molecule is COCCN1CCC[C@@]2(CCN(Cc3nc(COC)no3)C2)C1=O. The van der Waals surface area contributed by atoms with E-state index in [9.17, 15) is 4.79 Å². The average molecular weight is 338 g/mol. The van der Waals surface area contributed by atoms with Crippen molar-refractivity contribution in [1.29, 1.82) is 0 Å². The molecule has 1 spiro atoms. The highest BCUT2D eigenvalue weighted by Gasteiger charge is 2.48. The second-order valence-corrected chi connectivity index (χ2v) is 6.67. The third-order valence-corrected chi connectivity index (χ3v) is 4.96. The summed E-state index contributed by atoms with van der Waals surface area (Å²) < 4.78 is 15.4. The van der Waals surface area contributed by atoms with Gasteiger partial charge in [-0.25, -0.2) is 0 Å². The molecule has 0 unspecified atom stereocenters. The van der Waals surface area contributed by atoms with E-state index < -0.39 is 0 Å².